The van der Waals surface area contributed by atoms with Crippen molar-refractivity contribution in [1.82, 2.24) is 10.1 Å². The smallest absolute Gasteiger partial charge is 0.314 e. The molecule has 0 unspecified atom stereocenters. The highest BCUT2D eigenvalue weighted by Crippen LogP contribution is 2.26. The lowest BCUT2D eigenvalue weighted by atomic mass is 10.1. The molecule has 14 heavy (non-hydrogen) atoms. The Kier molecular flexibility index (Phi) is 2.52. The first-order valence-electron chi connectivity index (χ1n) is 3.99. The summed E-state index contributed by atoms with van der Waals surface area (Å²) in [6.45, 7) is 2.03. The van der Waals surface area contributed by atoms with Crippen LogP contribution in [0.2, 0.25) is 0 Å². The average molecular weight is 271 g/mol. The second-order valence-electron chi connectivity index (χ2n) is 2.91. The van der Waals surface area contributed by atoms with Gasteiger partial charge in [-0.1, -0.05) is 22.0 Å². The minimum Gasteiger partial charge on any atom is -0.348 e. The van der Waals surface area contributed by atoms with Crippen molar-refractivity contribution in [2.75, 3.05) is 0 Å². The third-order valence-electron chi connectivity index (χ3n) is 1.82. The summed E-state index contributed by atoms with van der Waals surface area (Å²) in [6, 6.07) is 5.98. The van der Waals surface area contributed by atoms with Crippen LogP contribution in [0.1, 0.15) is 5.56 Å². The lowest BCUT2D eigenvalue weighted by Crippen LogP contribution is -1.83. The van der Waals surface area contributed by atoms with Crippen molar-refractivity contribution >= 4 is 28.1 Å². The van der Waals surface area contributed by atoms with E-state index in [4.69, 9.17) is 16.7 Å². The van der Waals surface area contributed by atoms with Crippen LogP contribution in [-0.2, 0) is 0 Å². The van der Waals surface area contributed by atoms with Gasteiger partial charge < -0.3 is 4.52 Å². The summed E-state index contributed by atoms with van der Waals surface area (Å²) in [5.74, 6) is 0.641. The van der Waals surface area contributed by atoms with Gasteiger partial charge in [0.2, 0.25) is 0 Å². The first-order valence-corrected chi connectivity index (χ1v) is 5.19. The molecule has 0 aliphatic rings. The molecule has 0 aliphatic carbocycles. The van der Waals surface area contributed by atoms with Crippen LogP contribution >= 0.6 is 28.1 Å². The maximum absolute atomic E-state index is 4.86. The third kappa shape index (κ3) is 1.78. The first kappa shape index (κ1) is 9.61. The molecular weight excluding hydrogens is 264 g/mol. The summed E-state index contributed by atoms with van der Waals surface area (Å²) in [7, 11) is 0. The molecule has 0 spiro atoms. The molecule has 0 amide bonds. The van der Waals surface area contributed by atoms with Crippen LogP contribution in [0, 0.1) is 11.8 Å². The molecule has 0 atom stereocenters. The molecule has 2 aromatic rings. The van der Waals surface area contributed by atoms with E-state index in [-0.39, 0.29) is 4.84 Å². The van der Waals surface area contributed by atoms with E-state index in [9.17, 15) is 0 Å². The van der Waals surface area contributed by atoms with E-state index in [2.05, 4.69) is 26.1 Å². The number of H-pyrrole nitrogens is 1. The molecule has 1 heterocycles. The van der Waals surface area contributed by atoms with Crippen molar-refractivity contribution in [3.8, 4) is 11.4 Å². The molecule has 3 nitrogen and oxygen atoms in total. The maximum Gasteiger partial charge on any atom is 0.314 e. The topological polar surface area (TPSA) is 41.8 Å². The Labute approximate surface area is 94.3 Å². The largest absolute Gasteiger partial charge is 0.348 e. The van der Waals surface area contributed by atoms with E-state index in [1.807, 2.05) is 25.1 Å². The van der Waals surface area contributed by atoms with Gasteiger partial charge in [0.25, 0.3) is 0 Å². The summed E-state index contributed by atoms with van der Waals surface area (Å²) < 4.78 is 5.83. The van der Waals surface area contributed by atoms with Crippen LogP contribution in [0.3, 0.4) is 0 Å². The van der Waals surface area contributed by atoms with E-state index in [0.717, 1.165) is 10.0 Å². The van der Waals surface area contributed by atoms with Crippen LogP contribution in [0.4, 0.5) is 0 Å². The molecule has 2 rings (SSSR count). The van der Waals surface area contributed by atoms with Crippen molar-refractivity contribution in [2.24, 2.45) is 0 Å². The quantitative estimate of drug-likeness (QED) is 0.807. The molecule has 0 radical (unpaired) electrons. The summed E-state index contributed by atoms with van der Waals surface area (Å²) >= 11 is 8.23. The van der Waals surface area contributed by atoms with E-state index < -0.39 is 0 Å². The van der Waals surface area contributed by atoms with Crippen LogP contribution in [0.15, 0.2) is 27.2 Å². The molecule has 0 fully saturated rings. The van der Waals surface area contributed by atoms with Gasteiger partial charge in [0, 0.05) is 10.0 Å². The number of aromatic amines is 1. The standard InChI is InChI=1S/C9H7BrN2OS/c1-5-2-3-6(7(10)4-5)8-11-9(14)13-12-8/h2-4H,1H3,(H,11,12,14). The maximum atomic E-state index is 4.86. The Morgan fingerprint density at radius 2 is 2.29 bits per heavy atom. The van der Waals surface area contributed by atoms with Gasteiger partial charge in [-0.15, -0.1) is 0 Å². The first-order chi connectivity index (χ1) is 6.66. The molecular formula is C9H7BrN2OS. The fourth-order valence-corrected chi connectivity index (χ4v) is 1.97. The molecule has 1 N–H and O–H groups in total. The fourth-order valence-electron chi connectivity index (χ4n) is 1.16. The highest BCUT2D eigenvalue weighted by atomic mass is 79.9. The van der Waals surface area contributed by atoms with Crippen LogP contribution < -0.4 is 0 Å². The Hall–Kier alpha value is -0.940. The normalized spacial score (nSPS) is 10.4. The Morgan fingerprint density at radius 1 is 1.50 bits per heavy atom. The molecule has 0 saturated carbocycles. The molecule has 0 bridgehead atoms. The van der Waals surface area contributed by atoms with Crippen molar-refractivity contribution in [2.45, 2.75) is 6.92 Å². The van der Waals surface area contributed by atoms with Gasteiger partial charge in [0.05, 0.1) is 0 Å². The number of aryl methyl sites for hydroxylation is 1. The summed E-state index contributed by atoms with van der Waals surface area (Å²) in [5, 5.41) is 2.66. The van der Waals surface area contributed by atoms with Gasteiger partial charge in [-0.25, -0.2) is 5.16 Å². The monoisotopic (exact) mass is 270 g/mol. The van der Waals surface area contributed by atoms with E-state index in [0.29, 0.717) is 5.82 Å². The van der Waals surface area contributed by atoms with Gasteiger partial charge in [-0.3, -0.25) is 0 Å². The lowest BCUT2D eigenvalue weighted by Gasteiger charge is -2.00. The zero-order valence-corrected chi connectivity index (χ0v) is 9.78. The number of benzene rings is 1. The third-order valence-corrected chi connectivity index (χ3v) is 2.65. The summed E-state index contributed by atoms with van der Waals surface area (Å²) in [4.78, 5) is 4.25. The van der Waals surface area contributed by atoms with E-state index in [1.54, 1.807) is 0 Å². The molecule has 1 aromatic carbocycles. The number of aromatic nitrogens is 2. The predicted octanol–water partition coefficient (Wildman–Crippen LogP) is 3.47. The SMILES string of the molecule is Cc1ccc(-c2nc(=S)o[nH]2)c(Br)c1. The van der Waals surface area contributed by atoms with Gasteiger partial charge in [-0.2, -0.15) is 4.98 Å². The lowest BCUT2D eigenvalue weighted by molar-refractivity contribution is 0.406. The summed E-state index contributed by atoms with van der Waals surface area (Å²) in [5.41, 5.74) is 2.12. The minimum atomic E-state index is 0.215. The molecule has 0 aliphatic heterocycles. The average Bonchev–Trinajstić information content (AvgIpc) is 2.51. The molecule has 5 heteroatoms. The Balaban J connectivity index is 2.57. The second-order valence-corrected chi connectivity index (χ2v) is 4.12. The number of nitrogens with zero attached hydrogens (tertiary/aromatic N) is 1. The Bertz CT molecular complexity index is 518. The number of nitrogens with one attached hydrogen (secondary N) is 1. The van der Waals surface area contributed by atoms with Crippen LogP contribution in [0.25, 0.3) is 11.4 Å². The molecule has 0 saturated heterocycles. The molecule has 72 valence electrons. The van der Waals surface area contributed by atoms with E-state index in [1.165, 1.54) is 5.56 Å². The van der Waals surface area contributed by atoms with Crippen molar-refractivity contribution in [3.63, 3.8) is 0 Å². The predicted molar refractivity (Wildman–Crippen MR) is 59.6 cm³/mol. The number of hydrogen-bond acceptors (Lipinski definition) is 3. The van der Waals surface area contributed by atoms with Gasteiger partial charge in [-0.05, 0) is 36.8 Å². The highest BCUT2D eigenvalue weighted by molar-refractivity contribution is 9.10. The van der Waals surface area contributed by atoms with E-state index >= 15 is 0 Å². The van der Waals surface area contributed by atoms with Gasteiger partial charge >= 0.3 is 4.84 Å². The number of rotatable bonds is 1. The second kappa shape index (κ2) is 3.67. The summed E-state index contributed by atoms with van der Waals surface area (Å²) in [6.07, 6.45) is 0. The van der Waals surface area contributed by atoms with Crippen molar-refractivity contribution < 1.29 is 4.52 Å². The number of hydrogen-bond donors (Lipinski definition) is 1. The van der Waals surface area contributed by atoms with Gasteiger partial charge in [0.15, 0.2) is 5.82 Å². The Morgan fingerprint density at radius 3 is 2.86 bits per heavy atom. The van der Waals surface area contributed by atoms with Crippen LogP contribution in [-0.4, -0.2) is 10.1 Å². The zero-order valence-electron chi connectivity index (χ0n) is 7.37. The van der Waals surface area contributed by atoms with Crippen LogP contribution in [0.5, 0.6) is 0 Å². The molecule has 1 aromatic heterocycles. The zero-order chi connectivity index (χ0) is 10.1. The van der Waals surface area contributed by atoms with Crippen molar-refractivity contribution in [3.05, 3.63) is 33.1 Å². The highest BCUT2D eigenvalue weighted by Gasteiger charge is 2.06. The number of halogens is 1. The minimum absolute atomic E-state index is 0.215. The van der Waals surface area contributed by atoms with Crippen molar-refractivity contribution in [1.29, 1.82) is 0 Å². The fraction of sp³-hybridized carbons (Fsp3) is 0.111. The van der Waals surface area contributed by atoms with Gasteiger partial charge in [0.1, 0.15) is 0 Å².